The Morgan fingerprint density at radius 1 is 1.28 bits per heavy atom. The number of thioether (sulfide) groups is 1. The zero-order chi connectivity index (χ0) is 20.1. The van der Waals surface area contributed by atoms with Gasteiger partial charge in [-0.1, -0.05) is 49.0 Å². The van der Waals surface area contributed by atoms with Crippen LogP contribution in [0, 0.1) is 5.92 Å². The van der Waals surface area contributed by atoms with Crippen molar-refractivity contribution in [2.24, 2.45) is 13.0 Å². The molecule has 0 fully saturated rings. The van der Waals surface area contributed by atoms with Gasteiger partial charge in [0.1, 0.15) is 4.83 Å². The molecule has 8 heteroatoms. The molecule has 1 aromatic carbocycles. The predicted octanol–water partition coefficient (Wildman–Crippen LogP) is 3.74. The molecule has 4 aromatic rings. The van der Waals surface area contributed by atoms with Crippen LogP contribution in [0.15, 0.2) is 40.3 Å². The third-order valence-electron chi connectivity index (χ3n) is 5.56. The number of benzene rings is 1. The van der Waals surface area contributed by atoms with Crippen LogP contribution in [0.5, 0.6) is 0 Å². The summed E-state index contributed by atoms with van der Waals surface area (Å²) in [5.74, 6) is 1.47. The minimum absolute atomic E-state index is 0.0103. The van der Waals surface area contributed by atoms with Crippen molar-refractivity contribution in [3.63, 3.8) is 0 Å². The number of aryl methyl sites for hydroxylation is 2. The first-order chi connectivity index (χ1) is 14.0. The topological polar surface area (TPSA) is 69.3 Å². The summed E-state index contributed by atoms with van der Waals surface area (Å²) in [5.41, 5.74) is 1.87. The summed E-state index contributed by atoms with van der Waals surface area (Å²) in [6.45, 7) is 2.26. The monoisotopic (exact) mass is 424 g/mol. The van der Waals surface area contributed by atoms with Crippen LogP contribution in [0.4, 0.5) is 0 Å². The SMILES string of the molecule is C[C@@H]1CCc2c(sc3c2c(=O)n(C)c2nnc(SCC(=O)c4ccccc4)n32)C1. The Hall–Kier alpha value is -2.45. The van der Waals surface area contributed by atoms with E-state index in [2.05, 4.69) is 17.1 Å². The molecule has 0 saturated carbocycles. The van der Waals surface area contributed by atoms with Crippen molar-refractivity contribution >= 4 is 44.9 Å². The zero-order valence-corrected chi connectivity index (χ0v) is 17.8. The third-order valence-corrected chi connectivity index (χ3v) is 7.73. The molecule has 0 N–H and O–H groups in total. The summed E-state index contributed by atoms with van der Waals surface area (Å²) in [5, 5.41) is 10.0. The van der Waals surface area contributed by atoms with Gasteiger partial charge in [-0.2, -0.15) is 0 Å². The van der Waals surface area contributed by atoms with Crippen molar-refractivity contribution < 1.29 is 4.79 Å². The number of fused-ring (bicyclic) bond motifs is 5. The van der Waals surface area contributed by atoms with Gasteiger partial charge in [-0.15, -0.1) is 21.5 Å². The second-order valence-corrected chi connectivity index (χ2v) is 9.62. The number of ketones is 1. The molecule has 5 rings (SSSR count). The quantitative estimate of drug-likeness (QED) is 0.369. The molecule has 3 heterocycles. The number of nitrogens with zero attached hydrogens (tertiary/aromatic N) is 4. The molecule has 1 aliphatic rings. The number of aromatic nitrogens is 4. The summed E-state index contributed by atoms with van der Waals surface area (Å²) >= 11 is 3.04. The Bertz CT molecular complexity index is 1300. The zero-order valence-electron chi connectivity index (χ0n) is 16.2. The van der Waals surface area contributed by atoms with Gasteiger partial charge in [0.05, 0.1) is 11.1 Å². The van der Waals surface area contributed by atoms with Gasteiger partial charge in [0.2, 0.25) is 5.78 Å². The van der Waals surface area contributed by atoms with Gasteiger partial charge in [0.25, 0.3) is 5.56 Å². The molecule has 1 atom stereocenters. The fourth-order valence-electron chi connectivity index (χ4n) is 3.96. The highest BCUT2D eigenvalue weighted by molar-refractivity contribution is 7.99. The van der Waals surface area contributed by atoms with E-state index in [0.29, 0.717) is 22.4 Å². The lowest BCUT2D eigenvalue weighted by molar-refractivity contribution is 0.102. The molecule has 0 bridgehead atoms. The Labute approximate surface area is 175 Å². The minimum Gasteiger partial charge on any atom is -0.293 e. The van der Waals surface area contributed by atoms with E-state index in [1.165, 1.54) is 22.2 Å². The standard InChI is InChI=1S/C21H20N4O2S2/c1-12-8-9-14-16(10-12)29-19-17(14)18(27)24(2)20-22-23-21(25(19)20)28-11-15(26)13-6-4-3-5-7-13/h3-7,12H,8-11H2,1-2H3/t12-/m1/s1. The van der Waals surface area contributed by atoms with Crippen LogP contribution >= 0.6 is 23.1 Å². The molecule has 0 amide bonds. The van der Waals surface area contributed by atoms with E-state index in [1.807, 2.05) is 34.7 Å². The van der Waals surface area contributed by atoms with Gasteiger partial charge < -0.3 is 0 Å². The van der Waals surface area contributed by atoms with Crippen LogP contribution in [0.25, 0.3) is 16.0 Å². The van der Waals surface area contributed by atoms with Gasteiger partial charge in [-0.25, -0.2) is 4.40 Å². The third kappa shape index (κ3) is 3.02. The first kappa shape index (κ1) is 18.6. The highest BCUT2D eigenvalue weighted by Crippen LogP contribution is 2.37. The number of hydrogen-bond acceptors (Lipinski definition) is 6. The molecule has 0 spiro atoms. The predicted molar refractivity (Wildman–Crippen MR) is 116 cm³/mol. The Balaban J connectivity index is 1.60. The highest BCUT2D eigenvalue weighted by atomic mass is 32.2. The maximum Gasteiger partial charge on any atom is 0.263 e. The summed E-state index contributed by atoms with van der Waals surface area (Å²) < 4.78 is 3.52. The van der Waals surface area contributed by atoms with E-state index < -0.39 is 0 Å². The fourth-order valence-corrected chi connectivity index (χ4v) is 6.35. The van der Waals surface area contributed by atoms with E-state index in [-0.39, 0.29) is 17.1 Å². The average molecular weight is 425 g/mol. The number of Topliss-reactive ketones (excluding diaryl/α,β-unsaturated/α-hetero) is 1. The lowest BCUT2D eigenvalue weighted by atomic mass is 9.89. The minimum atomic E-state index is -0.0103. The van der Waals surface area contributed by atoms with Gasteiger partial charge >= 0.3 is 0 Å². The van der Waals surface area contributed by atoms with E-state index in [1.54, 1.807) is 23.0 Å². The Morgan fingerprint density at radius 3 is 2.86 bits per heavy atom. The van der Waals surface area contributed by atoms with Crippen molar-refractivity contribution in [2.45, 2.75) is 31.3 Å². The number of carbonyl (C=O) groups is 1. The summed E-state index contributed by atoms with van der Waals surface area (Å²) in [7, 11) is 1.74. The highest BCUT2D eigenvalue weighted by Gasteiger charge is 2.26. The number of carbonyl (C=O) groups excluding carboxylic acids is 1. The number of rotatable bonds is 4. The molecular weight excluding hydrogens is 404 g/mol. The molecule has 0 unspecified atom stereocenters. The fraction of sp³-hybridized carbons (Fsp3) is 0.333. The van der Waals surface area contributed by atoms with E-state index in [4.69, 9.17) is 0 Å². The van der Waals surface area contributed by atoms with Gasteiger partial charge in [-0.3, -0.25) is 14.2 Å². The van der Waals surface area contributed by atoms with Crippen LogP contribution in [-0.2, 0) is 19.9 Å². The van der Waals surface area contributed by atoms with Crippen molar-refractivity contribution in [1.82, 2.24) is 19.2 Å². The molecule has 1 aliphatic carbocycles. The average Bonchev–Trinajstić information content (AvgIpc) is 3.32. The Morgan fingerprint density at radius 2 is 2.07 bits per heavy atom. The largest absolute Gasteiger partial charge is 0.293 e. The second kappa shape index (κ2) is 7.11. The van der Waals surface area contributed by atoms with Crippen LogP contribution in [0.3, 0.4) is 0 Å². The van der Waals surface area contributed by atoms with Crippen molar-refractivity contribution in [1.29, 1.82) is 0 Å². The normalized spacial score (nSPS) is 16.4. The second-order valence-electron chi connectivity index (χ2n) is 7.59. The number of thiophene rings is 1. The molecule has 148 valence electrons. The van der Waals surface area contributed by atoms with E-state index in [9.17, 15) is 9.59 Å². The molecular formula is C21H20N4O2S2. The molecule has 6 nitrogen and oxygen atoms in total. The van der Waals surface area contributed by atoms with E-state index >= 15 is 0 Å². The summed E-state index contributed by atoms with van der Waals surface area (Å²) in [4.78, 5) is 27.8. The summed E-state index contributed by atoms with van der Waals surface area (Å²) in [6.07, 6.45) is 3.06. The molecule has 29 heavy (non-hydrogen) atoms. The molecule has 0 saturated heterocycles. The van der Waals surface area contributed by atoms with Crippen molar-refractivity contribution in [3.05, 3.63) is 56.7 Å². The lowest BCUT2D eigenvalue weighted by Gasteiger charge is -2.17. The molecule has 0 radical (unpaired) electrons. The van der Waals surface area contributed by atoms with Crippen molar-refractivity contribution in [2.75, 3.05) is 5.75 Å². The maximum absolute atomic E-state index is 13.0. The van der Waals surface area contributed by atoms with Gasteiger partial charge in [0.15, 0.2) is 10.9 Å². The lowest BCUT2D eigenvalue weighted by Crippen LogP contribution is -2.21. The molecule has 0 aliphatic heterocycles. The van der Waals surface area contributed by atoms with Crippen molar-refractivity contribution in [3.8, 4) is 0 Å². The Kier molecular flexibility index (Phi) is 4.55. The summed E-state index contributed by atoms with van der Waals surface area (Å²) in [6, 6.07) is 9.26. The van der Waals surface area contributed by atoms with Crippen LogP contribution < -0.4 is 5.56 Å². The van der Waals surface area contributed by atoms with Gasteiger partial charge in [-0.05, 0) is 30.7 Å². The number of hydrogen-bond donors (Lipinski definition) is 0. The van der Waals surface area contributed by atoms with Crippen LogP contribution in [-0.4, -0.2) is 30.7 Å². The van der Waals surface area contributed by atoms with Crippen LogP contribution in [0.1, 0.15) is 34.1 Å². The maximum atomic E-state index is 13.0. The smallest absolute Gasteiger partial charge is 0.263 e. The first-order valence-electron chi connectivity index (χ1n) is 9.64. The molecule has 3 aromatic heterocycles. The van der Waals surface area contributed by atoms with Crippen LogP contribution in [0.2, 0.25) is 0 Å². The van der Waals surface area contributed by atoms with Gasteiger partial charge in [0, 0.05) is 17.5 Å². The first-order valence-corrected chi connectivity index (χ1v) is 11.4. The van der Waals surface area contributed by atoms with E-state index in [0.717, 1.165) is 29.5 Å².